The van der Waals surface area contributed by atoms with Crippen LogP contribution >= 0.6 is 0 Å². The van der Waals surface area contributed by atoms with Gasteiger partial charge in [0.2, 0.25) is 0 Å². The fourth-order valence-corrected chi connectivity index (χ4v) is 2.97. The fraction of sp³-hybridized carbons (Fsp3) is 0.800. The summed E-state index contributed by atoms with van der Waals surface area (Å²) in [5.74, 6) is 3.54. The maximum atomic E-state index is 12.2. The minimum atomic E-state index is -0.439. The van der Waals surface area contributed by atoms with E-state index in [9.17, 15) is 4.79 Å². The number of fused-ring (bicyclic) bond motifs is 4. The maximum absolute atomic E-state index is 12.2. The maximum Gasteiger partial charge on any atom is 0.410 e. The smallest absolute Gasteiger partial charge is 0.410 e. The first kappa shape index (κ1) is 13.3. The number of amides is 1. The molecule has 0 aromatic carbocycles. The molecule has 2 heterocycles. The van der Waals surface area contributed by atoms with Gasteiger partial charge in [0.25, 0.3) is 0 Å². The van der Waals surface area contributed by atoms with Crippen molar-refractivity contribution in [1.82, 2.24) is 4.90 Å². The van der Waals surface area contributed by atoms with Crippen LogP contribution in [0.15, 0.2) is 0 Å². The lowest BCUT2D eigenvalue weighted by Gasteiger charge is -2.32. The van der Waals surface area contributed by atoms with E-state index in [4.69, 9.17) is 11.2 Å². The molecule has 2 bridgehead atoms. The Hall–Kier alpha value is -1.17. The zero-order valence-corrected chi connectivity index (χ0v) is 11.7. The molecule has 2 aliphatic heterocycles. The standard InChI is InChI=1S/C15H23NO2/c1-5-15-8-6-12(7-9-15)10-16(11-15)13(17)18-14(2,3)4/h1,12H,6-11H2,2-4H3. The summed E-state index contributed by atoms with van der Waals surface area (Å²) >= 11 is 0. The lowest BCUT2D eigenvalue weighted by atomic mass is 9.73. The molecular formula is C15H23NO2. The molecule has 0 atom stereocenters. The van der Waals surface area contributed by atoms with Gasteiger partial charge in [0, 0.05) is 18.5 Å². The van der Waals surface area contributed by atoms with E-state index >= 15 is 0 Å². The highest BCUT2D eigenvalue weighted by atomic mass is 16.6. The molecule has 1 saturated carbocycles. The first-order valence-electron chi connectivity index (χ1n) is 6.79. The molecule has 2 saturated heterocycles. The Morgan fingerprint density at radius 1 is 1.39 bits per heavy atom. The summed E-state index contributed by atoms with van der Waals surface area (Å²) in [5, 5.41) is 0. The average Bonchev–Trinajstić information content (AvgIpc) is 2.57. The molecule has 3 heteroatoms. The first-order chi connectivity index (χ1) is 8.34. The van der Waals surface area contributed by atoms with Crippen molar-refractivity contribution >= 4 is 6.09 Å². The molecule has 3 nitrogen and oxygen atoms in total. The van der Waals surface area contributed by atoms with Gasteiger partial charge in [-0.25, -0.2) is 4.79 Å². The summed E-state index contributed by atoms with van der Waals surface area (Å²) in [5.41, 5.74) is -0.546. The van der Waals surface area contributed by atoms with Gasteiger partial charge in [0.1, 0.15) is 5.60 Å². The number of rotatable bonds is 0. The zero-order chi connectivity index (χ0) is 13.4. The highest BCUT2D eigenvalue weighted by Crippen LogP contribution is 2.42. The number of hydrogen-bond donors (Lipinski definition) is 0. The second-order valence-electron chi connectivity index (χ2n) is 6.73. The van der Waals surface area contributed by atoms with Gasteiger partial charge in [-0.2, -0.15) is 0 Å². The molecule has 0 radical (unpaired) electrons. The van der Waals surface area contributed by atoms with E-state index in [1.54, 1.807) is 0 Å². The van der Waals surface area contributed by atoms with Crippen molar-refractivity contribution in [3.05, 3.63) is 0 Å². The largest absolute Gasteiger partial charge is 0.444 e. The van der Waals surface area contributed by atoms with E-state index in [0.717, 1.165) is 32.2 Å². The van der Waals surface area contributed by atoms with E-state index in [1.165, 1.54) is 0 Å². The lowest BCUT2D eigenvalue weighted by Crippen LogP contribution is -2.41. The van der Waals surface area contributed by atoms with Crippen LogP contribution in [0.1, 0.15) is 46.5 Å². The minimum absolute atomic E-state index is 0.107. The Bertz CT molecular complexity index is 367. The SMILES string of the molecule is C#CC12CCC(CC1)CN(C(=O)OC(C)(C)C)C2. The Morgan fingerprint density at radius 2 is 2.00 bits per heavy atom. The molecule has 0 aromatic heterocycles. The molecule has 1 aliphatic carbocycles. The third-order valence-electron chi connectivity index (χ3n) is 3.99. The van der Waals surface area contributed by atoms with Gasteiger partial charge in [0.15, 0.2) is 0 Å². The second kappa shape index (κ2) is 4.50. The molecule has 100 valence electrons. The van der Waals surface area contributed by atoms with Crippen molar-refractivity contribution < 1.29 is 9.53 Å². The predicted molar refractivity (Wildman–Crippen MR) is 71.0 cm³/mol. The Balaban J connectivity index is 2.11. The van der Waals surface area contributed by atoms with E-state index in [-0.39, 0.29) is 11.5 Å². The van der Waals surface area contributed by atoms with Crippen molar-refractivity contribution in [2.75, 3.05) is 13.1 Å². The second-order valence-corrected chi connectivity index (χ2v) is 6.73. The van der Waals surface area contributed by atoms with Crippen LogP contribution in [0, 0.1) is 23.7 Å². The molecule has 0 spiro atoms. The number of nitrogens with zero attached hydrogens (tertiary/aromatic N) is 1. The van der Waals surface area contributed by atoms with Gasteiger partial charge < -0.3 is 9.64 Å². The molecule has 0 aromatic rings. The van der Waals surface area contributed by atoms with Crippen molar-refractivity contribution in [3.63, 3.8) is 0 Å². The predicted octanol–water partition coefficient (Wildman–Crippen LogP) is 3.05. The number of carbonyl (C=O) groups is 1. The summed E-state index contributed by atoms with van der Waals surface area (Å²) in [7, 11) is 0. The summed E-state index contributed by atoms with van der Waals surface area (Å²) in [4.78, 5) is 14.0. The van der Waals surface area contributed by atoms with Crippen LogP contribution in [0.25, 0.3) is 0 Å². The summed E-state index contributed by atoms with van der Waals surface area (Å²) < 4.78 is 5.47. The van der Waals surface area contributed by atoms with Crippen LogP contribution in [0.5, 0.6) is 0 Å². The fourth-order valence-electron chi connectivity index (χ4n) is 2.97. The normalized spacial score (nSPS) is 31.7. The van der Waals surface area contributed by atoms with E-state index < -0.39 is 5.60 Å². The number of hydrogen-bond acceptors (Lipinski definition) is 2. The quantitative estimate of drug-likeness (QED) is 0.618. The molecule has 0 unspecified atom stereocenters. The van der Waals surface area contributed by atoms with Crippen molar-refractivity contribution in [2.45, 2.75) is 52.1 Å². The Labute approximate surface area is 110 Å². The molecule has 3 aliphatic rings. The highest BCUT2D eigenvalue weighted by Gasteiger charge is 2.42. The molecule has 3 rings (SSSR count). The van der Waals surface area contributed by atoms with Crippen LogP contribution in [-0.4, -0.2) is 29.7 Å². The van der Waals surface area contributed by atoms with Crippen LogP contribution < -0.4 is 0 Å². The van der Waals surface area contributed by atoms with E-state index in [1.807, 2.05) is 25.7 Å². The van der Waals surface area contributed by atoms with E-state index in [2.05, 4.69) is 5.92 Å². The third kappa shape index (κ3) is 2.80. The average molecular weight is 249 g/mol. The molecular weight excluding hydrogens is 226 g/mol. The monoisotopic (exact) mass is 249 g/mol. The minimum Gasteiger partial charge on any atom is -0.444 e. The molecule has 0 N–H and O–H groups in total. The topological polar surface area (TPSA) is 29.5 Å². The molecule has 18 heavy (non-hydrogen) atoms. The number of ether oxygens (including phenoxy) is 1. The van der Waals surface area contributed by atoms with Crippen LogP contribution in [0.3, 0.4) is 0 Å². The summed E-state index contributed by atoms with van der Waals surface area (Å²) in [6, 6.07) is 0. The van der Waals surface area contributed by atoms with Crippen LogP contribution in [0.4, 0.5) is 4.79 Å². The third-order valence-corrected chi connectivity index (χ3v) is 3.99. The van der Waals surface area contributed by atoms with Crippen molar-refractivity contribution in [2.24, 2.45) is 11.3 Å². The van der Waals surface area contributed by atoms with Crippen LogP contribution in [0.2, 0.25) is 0 Å². The Morgan fingerprint density at radius 3 is 2.50 bits per heavy atom. The van der Waals surface area contributed by atoms with Gasteiger partial charge in [-0.05, 0) is 52.4 Å². The van der Waals surface area contributed by atoms with Crippen molar-refractivity contribution in [1.29, 1.82) is 0 Å². The van der Waals surface area contributed by atoms with Gasteiger partial charge in [-0.15, -0.1) is 6.42 Å². The van der Waals surface area contributed by atoms with Gasteiger partial charge in [-0.3, -0.25) is 0 Å². The van der Waals surface area contributed by atoms with Gasteiger partial charge in [-0.1, -0.05) is 5.92 Å². The number of terminal acetylenes is 1. The van der Waals surface area contributed by atoms with Crippen molar-refractivity contribution in [3.8, 4) is 12.3 Å². The lowest BCUT2D eigenvalue weighted by molar-refractivity contribution is 0.0215. The Kier molecular flexibility index (Phi) is 3.31. The highest BCUT2D eigenvalue weighted by molar-refractivity contribution is 5.68. The summed E-state index contributed by atoms with van der Waals surface area (Å²) in [6.45, 7) is 7.16. The first-order valence-corrected chi connectivity index (χ1v) is 6.79. The molecule has 3 fully saturated rings. The van der Waals surface area contributed by atoms with Crippen LogP contribution in [-0.2, 0) is 4.74 Å². The summed E-state index contributed by atoms with van der Waals surface area (Å²) in [6.07, 6.45) is 9.87. The zero-order valence-electron chi connectivity index (χ0n) is 11.7. The van der Waals surface area contributed by atoms with Gasteiger partial charge >= 0.3 is 6.09 Å². The van der Waals surface area contributed by atoms with E-state index in [0.29, 0.717) is 12.5 Å². The molecule has 1 amide bonds. The number of carbonyl (C=O) groups excluding carboxylic acids is 1. The van der Waals surface area contributed by atoms with Gasteiger partial charge in [0.05, 0.1) is 0 Å².